The number of aryl methyl sites for hydroxylation is 1. The summed E-state index contributed by atoms with van der Waals surface area (Å²) in [5.74, 6) is 2.16. The lowest BCUT2D eigenvalue weighted by Crippen LogP contribution is -1.98. The van der Waals surface area contributed by atoms with Crippen LogP contribution >= 0.6 is 0 Å². The van der Waals surface area contributed by atoms with Crippen molar-refractivity contribution in [2.45, 2.75) is 20.5 Å². The number of hydrogen-bond donors (Lipinski definition) is 0. The second-order valence-electron chi connectivity index (χ2n) is 6.61. The first-order valence-corrected chi connectivity index (χ1v) is 9.65. The lowest BCUT2D eigenvalue weighted by atomic mass is 10.2. The molecule has 0 bridgehead atoms. The summed E-state index contributed by atoms with van der Waals surface area (Å²) in [6, 6.07) is 17.1. The number of carbonyl (C=O) groups excluding carboxylic acids is 1. The van der Waals surface area contributed by atoms with Crippen molar-refractivity contribution in [3.8, 4) is 17.2 Å². The van der Waals surface area contributed by atoms with Crippen molar-refractivity contribution in [2.24, 2.45) is 0 Å². The number of nitrogens with zero attached hydrogens (tertiary/aromatic N) is 1. The first kappa shape index (κ1) is 19.5. The minimum absolute atomic E-state index is 0.293. The van der Waals surface area contributed by atoms with Crippen LogP contribution in [0.4, 0.5) is 0 Å². The van der Waals surface area contributed by atoms with Gasteiger partial charge in [-0.15, -0.1) is 0 Å². The molecular weight excluding hydrogens is 382 g/mol. The van der Waals surface area contributed by atoms with Crippen molar-refractivity contribution >= 4 is 23.0 Å². The fourth-order valence-electron chi connectivity index (χ4n) is 2.97. The maximum atomic E-state index is 11.4. The Labute approximate surface area is 173 Å². The van der Waals surface area contributed by atoms with Crippen molar-refractivity contribution in [3.05, 3.63) is 77.9 Å². The van der Waals surface area contributed by atoms with Gasteiger partial charge in [0.15, 0.2) is 0 Å². The highest BCUT2D eigenvalue weighted by atomic mass is 16.5. The first-order valence-electron chi connectivity index (χ1n) is 9.65. The number of rotatable bonds is 7. The molecule has 0 aliphatic rings. The molecule has 4 rings (SSSR count). The topological polar surface area (TPSA) is 74.7 Å². The molecule has 152 valence electrons. The highest BCUT2D eigenvalue weighted by Crippen LogP contribution is 2.27. The molecule has 2 aromatic heterocycles. The number of benzene rings is 2. The zero-order valence-electron chi connectivity index (χ0n) is 16.8. The summed E-state index contributed by atoms with van der Waals surface area (Å²) in [7, 11) is 0. The summed E-state index contributed by atoms with van der Waals surface area (Å²) in [6.45, 7) is 4.26. The standard InChI is InChI=1S/C24H21NO5/c1-3-27-23(26)12-10-20-14-18-13-19(9-11-22(18)30-20)28-15-21-16(2)29-24(25-21)17-7-5-4-6-8-17/h4-14H,3,15H2,1-2H3/b12-10+. The summed E-state index contributed by atoms with van der Waals surface area (Å²) in [4.78, 5) is 16.0. The number of hydrogen-bond acceptors (Lipinski definition) is 6. The van der Waals surface area contributed by atoms with Crippen LogP contribution in [0.5, 0.6) is 5.75 Å². The van der Waals surface area contributed by atoms with Crippen molar-refractivity contribution in [3.63, 3.8) is 0 Å². The van der Waals surface area contributed by atoms with Gasteiger partial charge in [0.05, 0.1) is 6.61 Å². The maximum Gasteiger partial charge on any atom is 0.330 e. The Balaban J connectivity index is 1.46. The molecule has 30 heavy (non-hydrogen) atoms. The van der Waals surface area contributed by atoms with Crippen molar-refractivity contribution in [1.82, 2.24) is 4.98 Å². The average Bonchev–Trinajstić information content (AvgIpc) is 3.34. The van der Waals surface area contributed by atoms with E-state index in [4.69, 9.17) is 18.3 Å². The number of carbonyl (C=O) groups is 1. The highest BCUT2D eigenvalue weighted by Gasteiger charge is 2.12. The summed E-state index contributed by atoms with van der Waals surface area (Å²) in [6.07, 6.45) is 2.93. The fraction of sp³-hybridized carbons (Fsp3) is 0.167. The molecule has 2 aromatic carbocycles. The van der Waals surface area contributed by atoms with E-state index in [1.165, 1.54) is 6.08 Å². The summed E-state index contributed by atoms with van der Waals surface area (Å²) >= 11 is 0. The number of esters is 1. The minimum Gasteiger partial charge on any atom is -0.487 e. The van der Waals surface area contributed by atoms with E-state index >= 15 is 0 Å². The summed E-state index contributed by atoms with van der Waals surface area (Å²) in [5.41, 5.74) is 2.38. The Morgan fingerprint density at radius 3 is 2.73 bits per heavy atom. The molecule has 6 heteroatoms. The van der Waals surface area contributed by atoms with Gasteiger partial charge in [-0.2, -0.15) is 0 Å². The summed E-state index contributed by atoms with van der Waals surface area (Å²) < 4.78 is 22.3. The van der Waals surface area contributed by atoms with Gasteiger partial charge in [-0.1, -0.05) is 18.2 Å². The van der Waals surface area contributed by atoms with Gasteiger partial charge in [-0.3, -0.25) is 0 Å². The van der Waals surface area contributed by atoms with Crippen LogP contribution in [0.15, 0.2) is 69.5 Å². The van der Waals surface area contributed by atoms with Crippen LogP contribution in [-0.4, -0.2) is 17.6 Å². The molecule has 0 unspecified atom stereocenters. The molecule has 0 radical (unpaired) electrons. The normalized spacial score (nSPS) is 11.3. The van der Waals surface area contributed by atoms with Gasteiger partial charge < -0.3 is 18.3 Å². The molecular formula is C24H21NO5. The lowest BCUT2D eigenvalue weighted by Gasteiger charge is -2.04. The molecule has 0 aliphatic carbocycles. The Morgan fingerprint density at radius 2 is 1.93 bits per heavy atom. The number of aromatic nitrogens is 1. The second kappa shape index (κ2) is 8.69. The van der Waals surface area contributed by atoms with E-state index in [2.05, 4.69) is 4.98 Å². The molecule has 4 aromatic rings. The molecule has 0 fully saturated rings. The average molecular weight is 403 g/mol. The van der Waals surface area contributed by atoms with E-state index in [0.717, 1.165) is 22.4 Å². The van der Waals surface area contributed by atoms with Gasteiger partial charge >= 0.3 is 5.97 Å². The molecule has 0 saturated carbocycles. The Bertz CT molecular complexity index is 1190. The van der Waals surface area contributed by atoms with Crippen LogP contribution in [0.1, 0.15) is 24.1 Å². The smallest absolute Gasteiger partial charge is 0.330 e. The number of furan rings is 1. The van der Waals surface area contributed by atoms with Crippen LogP contribution in [0, 0.1) is 6.92 Å². The van der Waals surface area contributed by atoms with Crippen LogP contribution in [-0.2, 0) is 16.1 Å². The van der Waals surface area contributed by atoms with Crippen molar-refractivity contribution in [1.29, 1.82) is 0 Å². The number of ether oxygens (including phenoxy) is 2. The zero-order chi connectivity index (χ0) is 20.9. The minimum atomic E-state index is -0.403. The van der Waals surface area contributed by atoms with Gasteiger partial charge in [0.25, 0.3) is 0 Å². The van der Waals surface area contributed by atoms with Crippen molar-refractivity contribution < 1.29 is 23.1 Å². The van der Waals surface area contributed by atoms with E-state index in [1.54, 1.807) is 13.0 Å². The third-order valence-electron chi connectivity index (χ3n) is 4.47. The van der Waals surface area contributed by atoms with E-state index < -0.39 is 5.97 Å². The Hall–Kier alpha value is -3.80. The predicted octanol–water partition coefficient (Wildman–Crippen LogP) is 5.55. The largest absolute Gasteiger partial charge is 0.487 e. The summed E-state index contributed by atoms with van der Waals surface area (Å²) in [5, 5.41) is 0.873. The predicted molar refractivity (Wildman–Crippen MR) is 113 cm³/mol. The molecule has 0 spiro atoms. The quantitative estimate of drug-likeness (QED) is 0.297. The molecule has 0 saturated heterocycles. The molecule has 0 amide bonds. The first-order chi connectivity index (χ1) is 14.6. The van der Waals surface area contributed by atoms with Crippen LogP contribution in [0.3, 0.4) is 0 Å². The third kappa shape index (κ3) is 4.43. The molecule has 2 heterocycles. The van der Waals surface area contributed by atoms with Crippen molar-refractivity contribution in [2.75, 3.05) is 6.61 Å². The fourth-order valence-corrected chi connectivity index (χ4v) is 2.97. The van der Waals surface area contributed by atoms with Crippen LogP contribution < -0.4 is 4.74 Å². The van der Waals surface area contributed by atoms with E-state index in [9.17, 15) is 4.79 Å². The molecule has 0 N–H and O–H groups in total. The Kier molecular flexibility index (Phi) is 5.66. The third-order valence-corrected chi connectivity index (χ3v) is 4.47. The second-order valence-corrected chi connectivity index (χ2v) is 6.61. The van der Waals surface area contributed by atoms with Gasteiger partial charge in [0.1, 0.15) is 35.2 Å². The molecule has 0 aliphatic heterocycles. The van der Waals surface area contributed by atoms with Gasteiger partial charge in [0.2, 0.25) is 5.89 Å². The lowest BCUT2D eigenvalue weighted by molar-refractivity contribution is -0.137. The maximum absolute atomic E-state index is 11.4. The Morgan fingerprint density at radius 1 is 1.10 bits per heavy atom. The van der Waals surface area contributed by atoms with Crippen LogP contribution in [0.25, 0.3) is 28.5 Å². The zero-order valence-corrected chi connectivity index (χ0v) is 16.8. The monoisotopic (exact) mass is 403 g/mol. The van der Waals surface area contributed by atoms with Crippen LogP contribution in [0.2, 0.25) is 0 Å². The number of oxazole rings is 1. The van der Waals surface area contributed by atoms with Gasteiger partial charge in [-0.05, 0) is 56.3 Å². The van der Waals surface area contributed by atoms with Gasteiger partial charge in [-0.25, -0.2) is 9.78 Å². The molecule has 0 atom stereocenters. The molecule has 6 nitrogen and oxygen atoms in total. The highest BCUT2D eigenvalue weighted by molar-refractivity contribution is 5.88. The van der Waals surface area contributed by atoms with E-state index in [1.807, 2.05) is 61.5 Å². The SMILES string of the molecule is CCOC(=O)/C=C/c1cc2cc(OCc3nc(-c4ccccc4)oc3C)ccc2o1. The number of fused-ring (bicyclic) bond motifs is 1. The van der Waals surface area contributed by atoms with Gasteiger partial charge in [0, 0.05) is 17.0 Å². The van der Waals surface area contributed by atoms with E-state index in [-0.39, 0.29) is 0 Å². The van der Waals surface area contributed by atoms with E-state index in [0.29, 0.717) is 36.2 Å².